The normalized spacial score (nSPS) is 12.2. The topological polar surface area (TPSA) is 68.0 Å². The molecule has 5 nitrogen and oxygen atoms in total. The lowest BCUT2D eigenvalue weighted by Crippen LogP contribution is -2.33. The van der Waals surface area contributed by atoms with Crippen LogP contribution in [-0.4, -0.2) is 21.9 Å². The number of amides is 1. The van der Waals surface area contributed by atoms with Crippen molar-refractivity contribution in [3.63, 3.8) is 0 Å². The van der Waals surface area contributed by atoms with Gasteiger partial charge in [-0.2, -0.15) is 0 Å². The van der Waals surface area contributed by atoms with Gasteiger partial charge in [0.2, 0.25) is 11.8 Å². The third-order valence-electron chi connectivity index (χ3n) is 4.73. The van der Waals surface area contributed by atoms with Crippen LogP contribution in [0, 0.1) is 12.8 Å². The molecule has 0 aliphatic rings. The van der Waals surface area contributed by atoms with Crippen molar-refractivity contribution in [3.8, 4) is 11.5 Å². The number of carbonyl (C=O) groups is 1. The number of rotatable bonds is 8. The molecule has 2 aromatic carbocycles. The first-order chi connectivity index (χ1) is 14.0. The molecule has 0 aliphatic heterocycles. The number of hydrogen-bond donors (Lipinski definition) is 1. The van der Waals surface area contributed by atoms with Gasteiger partial charge in [0.05, 0.1) is 11.8 Å². The molecule has 152 valence electrons. The summed E-state index contributed by atoms with van der Waals surface area (Å²) in [6, 6.07) is 16.3. The molecule has 1 atom stereocenters. The van der Waals surface area contributed by atoms with E-state index in [0.29, 0.717) is 11.1 Å². The Kier molecular flexibility index (Phi) is 7.09. The van der Waals surface area contributed by atoms with E-state index in [2.05, 4.69) is 60.6 Å². The van der Waals surface area contributed by atoms with Crippen molar-refractivity contribution in [2.24, 2.45) is 5.92 Å². The Morgan fingerprint density at radius 3 is 2.55 bits per heavy atom. The molecule has 1 aromatic heterocycles. The summed E-state index contributed by atoms with van der Waals surface area (Å²) in [6.07, 6.45) is 1.00. The number of thioether (sulfide) groups is 1. The maximum Gasteiger partial charge on any atom is 0.277 e. The van der Waals surface area contributed by atoms with Crippen molar-refractivity contribution < 1.29 is 9.21 Å². The molecule has 0 radical (unpaired) electrons. The smallest absolute Gasteiger partial charge is 0.277 e. The van der Waals surface area contributed by atoms with E-state index in [4.69, 9.17) is 4.42 Å². The van der Waals surface area contributed by atoms with E-state index < -0.39 is 0 Å². The van der Waals surface area contributed by atoms with E-state index in [9.17, 15) is 4.79 Å². The fourth-order valence-corrected chi connectivity index (χ4v) is 3.68. The lowest BCUT2D eigenvalue weighted by Gasteiger charge is -2.23. The molecule has 0 aliphatic carbocycles. The van der Waals surface area contributed by atoms with E-state index >= 15 is 0 Å². The third-order valence-corrected chi connectivity index (χ3v) is 5.55. The van der Waals surface area contributed by atoms with Gasteiger partial charge in [-0.25, -0.2) is 0 Å². The van der Waals surface area contributed by atoms with Gasteiger partial charge < -0.3 is 9.73 Å². The van der Waals surface area contributed by atoms with Crippen LogP contribution in [0.2, 0.25) is 0 Å². The summed E-state index contributed by atoms with van der Waals surface area (Å²) < 4.78 is 5.70. The van der Waals surface area contributed by atoms with Crippen molar-refractivity contribution in [2.45, 2.75) is 45.4 Å². The fourth-order valence-electron chi connectivity index (χ4n) is 3.10. The predicted molar refractivity (Wildman–Crippen MR) is 117 cm³/mol. The van der Waals surface area contributed by atoms with Gasteiger partial charge in [0.1, 0.15) is 0 Å². The van der Waals surface area contributed by atoms with Crippen LogP contribution in [-0.2, 0) is 11.2 Å². The molecule has 0 unspecified atom stereocenters. The van der Waals surface area contributed by atoms with Crippen molar-refractivity contribution in [3.05, 3.63) is 65.2 Å². The molecule has 0 fully saturated rings. The first-order valence-corrected chi connectivity index (χ1v) is 10.9. The highest BCUT2D eigenvalue weighted by molar-refractivity contribution is 7.99. The van der Waals surface area contributed by atoms with E-state index in [1.807, 2.05) is 31.2 Å². The zero-order valence-corrected chi connectivity index (χ0v) is 18.1. The van der Waals surface area contributed by atoms with Gasteiger partial charge in [-0.15, -0.1) is 10.2 Å². The van der Waals surface area contributed by atoms with E-state index in [1.165, 1.54) is 17.3 Å². The lowest BCUT2D eigenvalue weighted by atomic mass is 9.95. The summed E-state index contributed by atoms with van der Waals surface area (Å²) in [4.78, 5) is 12.5. The van der Waals surface area contributed by atoms with Crippen LogP contribution < -0.4 is 5.32 Å². The number of hydrogen-bond acceptors (Lipinski definition) is 5. The Bertz CT molecular complexity index is 951. The third kappa shape index (κ3) is 5.70. The van der Waals surface area contributed by atoms with Gasteiger partial charge in [-0.1, -0.05) is 74.5 Å². The SMILES string of the molecule is CCc1ccc([C@H](NC(=O)CSc2nnc(-c3cccc(C)c3)o2)C(C)C)cc1. The minimum atomic E-state index is -0.0522. The van der Waals surface area contributed by atoms with Crippen LogP contribution >= 0.6 is 11.8 Å². The quantitative estimate of drug-likeness (QED) is 0.517. The Labute approximate surface area is 176 Å². The maximum atomic E-state index is 12.5. The Morgan fingerprint density at radius 2 is 1.90 bits per heavy atom. The highest BCUT2D eigenvalue weighted by Gasteiger charge is 2.19. The summed E-state index contributed by atoms with van der Waals surface area (Å²) in [5.41, 5.74) is 4.42. The molecule has 1 N–H and O–H groups in total. The van der Waals surface area contributed by atoms with Crippen molar-refractivity contribution in [2.75, 3.05) is 5.75 Å². The standard InChI is InChI=1S/C23H27N3O2S/c1-5-17-9-11-18(12-10-17)21(15(2)3)24-20(27)14-29-23-26-25-22(28-23)19-8-6-7-16(4)13-19/h6-13,15,21H,5,14H2,1-4H3,(H,24,27)/t21-/m1/s1. The number of aryl methyl sites for hydroxylation is 2. The highest BCUT2D eigenvalue weighted by Crippen LogP contribution is 2.25. The van der Waals surface area contributed by atoms with E-state index in [-0.39, 0.29) is 23.6 Å². The van der Waals surface area contributed by atoms with Crippen LogP contribution in [0.5, 0.6) is 0 Å². The molecule has 3 rings (SSSR count). The lowest BCUT2D eigenvalue weighted by molar-refractivity contribution is -0.119. The van der Waals surface area contributed by atoms with E-state index in [1.54, 1.807) is 0 Å². The van der Waals surface area contributed by atoms with E-state index in [0.717, 1.165) is 23.1 Å². The predicted octanol–water partition coefficient (Wildman–Crippen LogP) is 5.21. The zero-order chi connectivity index (χ0) is 20.8. The molecule has 1 amide bonds. The van der Waals surface area contributed by atoms with Crippen molar-refractivity contribution in [1.82, 2.24) is 15.5 Å². The molecule has 29 heavy (non-hydrogen) atoms. The van der Waals surface area contributed by atoms with Crippen molar-refractivity contribution in [1.29, 1.82) is 0 Å². The second-order valence-corrected chi connectivity index (χ2v) is 8.34. The minimum absolute atomic E-state index is 0.0282. The van der Waals surface area contributed by atoms with Crippen LogP contribution in [0.4, 0.5) is 0 Å². The second kappa shape index (κ2) is 9.74. The first kappa shape index (κ1) is 21.1. The fraction of sp³-hybridized carbons (Fsp3) is 0.348. The van der Waals surface area contributed by atoms with Crippen molar-refractivity contribution >= 4 is 17.7 Å². The molecule has 0 spiro atoms. The molecular weight excluding hydrogens is 382 g/mol. The van der Waals surface area contributed by atoms with Crippen LogP contribution in [0.15, 0.2) is 58.2 Å². The molecule has 0 saturated carbocycles. The van der Waals surface area contributed by atoms with Crippen LogP contribution in [0.1, 0.15) is 43.5 Å². The van der Waals surface area contributed by atoms with Gasteiger partial charge >= 0.3 is 0 Å². The highest BCUT2D eigenvalue weighted by atomic mass is 32.2. The Balaban J connectivity index is 1.59. The number of nitrogens with zero attached hydrogens (tertiary/aromatic N) is 2. The van der Waals surface area contributed by atoms with Gasteiger partial charge in [0, 0.05) is 5.56 Å². The van der Waals surface area contributed by atoms with Gasteiger partial charge in [0.25, 0.3) is 5.22 Å². The summed E-state index contributed by atoms with van der Waals surface area (Å²) >= 11 is 1.25. The second-order valence-electron chi connectivity index (χ2n) is 7.42. The van der Waals surface area contributed by atoms with Gasteiger partial charge in [-0.05, 0) is 42.5 Å². The van der Waals surface area contributed by atoms with Gasteiger partial charge in [0.15, 0.2) is 0 Å². The summed E-state index contributed by atoms with van der Waals surface area (Å²) in [5.74, 6) is 0.926. The molecule has 3 aromatic rings. The summed E-state index contributed by atoms with van der Waals surface area (Å²) in [6.45, 7) is 8.37. The first-order valence-electron chi connectivity index (χ1n) is 9.87. The summed E-state index contributed by atoms with van der Waals surface area (Å²) in [5, 5.41) is 11.7. The van der Waals surface area contributed by atoms with Gasteiger partial charge in [-0.3, -0.25) is 4.79 Å². The zero-order valence-electron chi connectivity index (χ0n) is 17.3. The molecule has 0 saturated heterocycles. The number of nitrogens with one attached hydrogen (secondary N) is 1. The van der Waals surface area contributed by atoms with Crippen LogP contribution in [0.25, 0.3) is 11.5 Å². The molecule has 6 heteroatoms. The largest absolute Gasteiger partial charge is 0.411 e. The number of benzene rings is 2. The molecule has 0 bridgehead atoms. The Morgan fingerprint density at radius 1 is 1.14 bits per heavy atom. The average molecular weight is 410 g/mol. The van der Waals surface area contributed by atoms with Crippen LogP contribution in [0.3, 0.4) is 0 Å². The minimum Gasteiger partial charge on any atom is -0.411 e. The number of carbonyl (C=O) groups excluding carboxylic acids is 1. The number of aromatic nitrogens is 2. The Hall–Kier alpha value is -2.60. The monoisotopic (exact) mass is 409 g/mol. The average Bonchev–Trinajstić information content (AvgIpc) is 3.19. The maximum absolute atomic E-state index is 12.5. The molecular formula is C23H27N3O2S. The summed E-state index contributed by atoms with van der Waals surface area (Å²) in [7, 11) is 0. The molecule has 1 heterocycles.